The maximum atomic E-state index is 12.9. The molecule has 0 aliphatic carbocycles. The van der Waals surface area contributed by atoms with Crippen LogP contribution in [0.4, 0.5) is 0 Å². The zero-order valence-electron chi connectivity index (χ0n) is 16.3. The van der Waals surface area contributed by atoms with Crippen LogP contribution in [0.1, 0.15) is 19.4 Å². The van der Waals surface area contributed by atoms with Crippen molar-refractivity contribution in [2.24, 2.45) is 0 Å². The summed E-state index contributed by atoms with van der Waals surface area (Å²) in [5, 5.41) is 3.29. The van der Waals surface area contributed by atoms with E-state index in [0.717, 1.165) is 5.56 Å². The molecule has 0 radical (unpaired) electrons. The third-order valence-electron chi connectivity index (χ3n) is 4.24. The van der Waals surface area contributed by atoms with Gasteiger partial charge in [-0.1, -0.05) is 29.8 Å². The Morgan fingerprint density at radius 3 is 2.36 bits per heavy atom. The van der Waals surface area contributed by atoms with Crippen LogP contribution in [0.3, 0.4) is 0 Å². The first-order valence-electron chi connectivity index (χ1n) is 9.03. The van der Waals surface area contributed by atoms with Crippen molar-refractivity contribution >= 4 is 23.4 Å². The monoisotopic (exact) mass is 404 g/mol. The first kappa shape index (κ1) is 21.6. The Hall–Kier alpha value is -2.73. The molecule has 28 heavy (non-hydrogen) atoms. The largest absolute Gasteiger partial charge is 0.497 e. The Bertz CT molecular complexity index is 795. The van der Waals surface area contributed by atoms with Crippen LogP contribution in [0.5, 0.6) is 11.5 Å². The molecule has 2 aromatic rings. The second-order valence-corrected chi connectivity index (χ2v) is 6.56. The van der Waals surface area contributed by atoms with Gasteiger partial charge in [-0.3, -0.25) is 9.59 Å². The molecule has 0 aliphatic rings. The van der Waals surface area contributed by atoms with E-state index in [2.05, 4.69) is 5.32 Å². The number of halogens is 1. The number of ether oxygens (including phenoxy) is 2. The predicted octanol–water partition coefficient (Wildman–Crippen LogP) is 3.28. The average Bonchev–Trinajstić information content (AvgIpc) is 2.71. The van der Waals surface area contributed by atoms with Crippen molar-refractivity contribution < 1.29 is 19.1 Å². The van der Waals surface area contributed by atoms with E-state index in [1.165, 1.54) is 4.90 Å². The van der Waals surface area contributed by atoms with E-state index in [9.17, 15) is 9.59 Å². The molecular weight excluding hydrogens is 380 g/mol. The summed E-state index contributed by atoms with van der Waals surface area (Å²) >= 11 is 6.24. The van der Waals surface area contributed by atoms with Crippen molar-refractivity contribution in [3.8, 4) is 11.5 Å². The van der Waals surface area contributed by atoms with Crippen LogP contribution in [0.2, 0.25) is 5.02 Å². The van der Waals surface area contributed by atoms with Gasteiger partial charge in [-0.2, -0.15) is 0 Å². The Labute approximate surface area is 170 Å². The van der Waals surface area contributed by atoms with Crippen LogP contribution >= 0.6 is 11.6 Å². The van der Waals surface area contributed by atoms with Gasteiger partial charge in [0.15, 0.2) is 6.61 Å². The summed E-state index contributed by atoms with van der Waals surface area (Å²) in [5.74, 6) is 0.697. The van der Waals surface area contributed by atoms with Crippen molar-refractivity contribution in [1.82, 2.24) is 10.2 Å². The van der Waals surface area contributed by atoms with E-state index in [4.69, 9.17) is 21.1 Å². The van der Waals surface area contributed by atoms with Gasteiger partial charge in [0.25, 0.3) is 5.91 Å². The van der Waals surface area contributed by atoms with Crippen LogP contribution in [-0.4, -0.2) is 43.0 Å². The highest BCUT2D eigenvalue weighted by molar-refractivity contribution is 6.31. The minimum Gasteiger partial charge on any atom is -0.497 e. The highest BCUT2D eigenvalue weighted by atomic mass is 35.5. The van der Waals surface area contributed by atoms with Gasteiger partial charge in [0.05, 0.1) is 7.11 Å². The lowest BCUT2D eigenvalue weighted by Crippen LogP contribution is -2.49. The standard InChI is InChI=1S/C21H25ClN2O4/c1-4-23-21(26)15(2)24(13-16-7-5-6-8-19(16)22)20(25)14-28-18-11-9-17(27-3)10-12-18/h5-12,15H,4,13-14H2,1-3H3,(H,23,26)/t15-/m0/s1. The summed E-state index contributed by atoms with van der Waals surface area (Å²) < 4.78 is 10.7. The Morgan fingerprint density at radius 1 is 1.11 bits per heavy atom. The van der Waals surface area contributed by atoms with Gasteiger partial charge in [0, 0.05) is 18.1 Å². The Kier molecular flexibility index (Phi) is 8.14. The lowest BCUT2D eigenvalue weighted by Gasteiger charge is -2.29. The van der Waals surface area contributed by atoms with E-state index in [-0.39, 0.29) is 25.0 Å². The average molecular weight is 405 g/mol. The summed E-state index contributed by atoms with van der Waals surface area (Å²) in [6, 6.07) is 13.5. The molecule has 0 heterocycles. The predicted molar refractivity (Wildman–Crippen MR) is 109 cm³/mol. The Balaban J connectivity index is 2.12. The van der Waals surface area contributed by atoms with Gasteiger partial charge in [0.2, 0.25) is 5.91 Å². The topological polar surface area (TPSA) is 67.9 Å². The van der Waals surface area contributed by atoms with Crippen molar-refractivity contribution in [1.29, 1.82) is 0 Å². The van der Waals surface area contributed by atoms with Crippen molar-refractivity contribution in [2.45, 2.75) is 26.4 Å². The lowest BCUT2D eigenvalue weighted by molar-refractivity contribution is -0.142. The third-order valence-corrected chi connectivity index (χ3v) is 4.61. The van der Waals surface area contributed by atoms with Gasteiger partial charge in [-0.25, -0.2) is 0 Å². The van der Waals surface area contributed by atoms with Gasteiger partial charge < -0.3 is 19.7 Å². The molecule has 0 aliphatic heterocycles. The third kappa shape index (κ3) is 5.89. The van der Waals surface area contributed by atoms with E-state index in [0.29, 0.717) is 23.1 Å². The lowest BCUT2D eigenvalue weighted by atomic mass is 10.1. The molecular formula is C21H25ClN2O4. The van der Waals surface area contributed by atoms with Crippen LogP contribution in [-0.2, 0) is 16.1 Å². The fourth-order valence-corrected chi connectivity index (χ4v) is 2.81. The first-order valence-corrected chi connectivity index (χ1v) is 9.41. The van der Waals surface area contributed by atoms with E-state index in [1.54, 1.807) is 44.4 Å². The summed E-state index contributed by atoms with van der Waals surface area (Å²) in [5.41, 5.74) is 0.762. The number of amides is 2. The second-order valence-electron chi connectivity index (χ2n) is 6.15. The fraction of sp³-hybridized carbons (Fsp3) is 0.333. The number of hydrogen-bond donors (Lipinski definition) is 1. The molecule has 1 atom stereocenters. The van der Waals surface area contributed by atoms with Crippen LogP contribution in [0.25, 0.3) is 0 Å². The summed E-state index contributed by atoms with van der Waals surface area (Å²) in [7, 11) is 1.58. The molecule has 0 saturated carbocycles. The molecule has 7 heteroatoms. The zero-order valence-corrected chi connectivity index (χ0v) is 17.0. The maximum absolute atomic E-state index is 12.9. The van der Waals surface area contributed by atoms with E-state index >= 15 is 0 Å². The number of methoxy groups -OCH3 is 1. The number of nitrogens with zero attached hydrogens (tertiary/aromatic N) is 1. The number of likely N-dealkylation sites (N-methyl/N-ethyl adjacent to an activating group) is 1. The number of carbonyl (C=O) groups is 2. The summed E-state index contributed by atoms with van der Waals surface area (Å²) in [6.07, 6.45) is 0. The quantitative estimate of drug-likeness (QED) is 0.696. The second kappa shape index (κ2) is 10.6. The van der Waals surface area contributed by atoms with E-state index < -0.39 is 6.04 Å². The molecule has 0 spiro atoms. The number of benzene rings is 2. The van der Waals surface area contributed by atoms with Crippen LogP contribution in [0.15, 0.2) is 48.5 Å². The number of hydrogen-bond acceptors (Lipinski definition) is 4. The molecule has 6 nitrogen and oxygen atoms in total. The van der Waals surface area contributed by atoms with Gasteiger partial charge in [-0.15, -0.1) is 0 Å². The highest BCUT2D eigenvalue weighted by Gasteiger charge is 2.26. The molecule has 150 valence electrons. The highest BCUT2D eigenvalue weighted by Crippen LogP contribution is 2.20. The van der Waals surface area contributed by atoms with Crippen LogP contribution < -0.4 is 14.8 Å². The zero-order chi connectivity index (χ0) is 20.5. The first-order chi connectivity index (χ1) is 13.5. The molecule has 2 amide bonds. The molecule has 0 saturated heterocycles. The SMILES string of the molecule is CCNC(=O)[C@H](C)N(Cc1ccccc1Cl)C(=O)COc1ccc(OC)cc1. The smallest absolute Gasteiger partial charge is 0.261 e. The number of carbonyl (C=O) groups excluding carboxylic acids is 2. The minimum absolute atomic E-state index is 0.194. The molecule has 0 fully saturated rings. The molecule has 2 rings (SSSR count). The van der Waals surface area contributed by atoms with Crippen LogP contribution in [0, 0.1) is 0 Å². The number of rotatable bonds is 9. The van der Waals surface area contributed by atoms with Crippen molar-refractivity contribution in [3.63, 3.8) is 0 Å². The van der Waals surface area contributed by atoms with Gasteiger partial charge in [-0.05, 0) is 49.7 Å². The normalized spacial score (nSPS) is 11.4. The molecule has 0 bridgehead atoms. The van der Waals surface area contributed by atoms with Gasteiger partial charge >= 0.3 is 0 Å². The molecule has 1 N–H and O–H groups in total. The summed E-state index contributed by atoms with van der Waals surface area (Å²) in [4.78, 5) is 26.6. The van der Waals surface area contributed by atoms with E-state index in [1.807, 2.05) is 25.1 Å². The van der Waals surface area contributed by atoms with Crippen molar-refractivity contribution in [3.05, 3.63) is 59.1 Å². The van der Waals surface area contributed by atoms with Gasteiger partial charge in [0.1, 0.15) is 17.5 Å². The Morgan fingerprint density at radius 2 is 1.75 bits per heavy atom. The minimum atomic E-state index is -0.664. The molecule has 2 aromatic carbocycles. The number of nitrogens with one attached hydrogen (secondary N) is 1. The maximum Gasteiger partial charge on any atom is 0.261 e. The molecule has 0 aromatic heterocycles. The fourth-order valence-electron chi connectivity index (χ4n) is 2.61. The van der Waals surface area contributed by atoms with Crippen molar-refractivity contribution in [2.75, 3.05) is 20.3 Å². The molecule has 0 unspecified atom stereocenters. The summed E-state index contributed by atoms with van der Waals surface area (Å²) in [6.45, 7) is 4.02.